The number of methoxy groups -OCH3 is 1. The standard InChI is InChI=1S/C14H16BrNO4/c1-19-7-8-20-6-2-5-16-12-9-10(15)3-4-11(12)13(17)14(16)18/h3-4,9H,2,5-8H2,1H3. The van der Waals surface area contributed by atoms with Crippen LogP contribution in [-0.4, -0.2) is 45.2 Å². The van der Waals surface area contributed by atoms with E-state index in [0.717, 1.165) is 4.47 Å². The van der Waals surface area contributed by atoms with E-state index < -0.39 is 11.7 Å². The number of ketones is 1. The average Bonchev–Trinajstić information content (AvgIpc) is 2.67. The second-order valence-corrected chi connectivity index (χ2v) is 5.32. The zero-order valence-electron chi connectivity index (χ0n) is 11.2. The number of benzene rings is 1. The molecule has 20 heavy (non-hydrogen) atoms. The number of carbonyl (C=O) groups excluding carboxylic acids is 2. The molecule has 1 aromatic carbocycles. The van der Waals surface area contributed by atoms with Gasteiger partial charge < -0.3 is 14.4 Å². The molecule has 0 aromatic heterocycles. The first-order chi connectivity index (χ1) is 9.65. The summed E-state index contributed by atoms with van der Waals surface area (Å²) in [6.07, 6.45) is 0.675. The molecular weight excluding hydrogens is 326 g/mol. The molecule has 1 heterocycles. The molecule has 0 saturated heterocycles. The summed E-state index contributed by atoms with van der Waals surface area (Å²) in [7, 11) is 1.62. The van der Waals surface area contributed by atoms with E-state index in [-0.39, 0.29) is 0 Å². The Balaban J connectivity index is 1.94. The lowest BCUT2D eigenvalue weighted by Gasteiger charge is -2.16. The van der Waals surface area contributed by atoms with Crippen molar-refractivity contribution >= 4 is 33.3 Å². The summed E-state index contributed by atoms with van der Waals surface area (Å²) in [5.41, 5.74) is 1.14. The number of hydrogen-bond acceptors (Lipinski definition) is 4. The maximum atomic E-state index is 11.9. The Labute approximate surface area is 126 Å². The molecule has 1 aliphatic heterocycles. The first-order valence-electron chi connectivity index (χ1n) is 6.37. The second-order valence-electron chi connectivity index (χ2n) is 4.41. The normalized spacial score (nSPS) is 14.0. The van der Waals surface area contributed by atoms with Crippen molar-refractivity contribution in [1.82, 2.24) is 0 Å². The van der Waals surface area contributed by atoms with Crippen LogP contribution in [0.5, 0.6) is 0 Å². The van der Waals surface area contributed by atoms with Crippen molar-refractivity contribution in [2.75, 3.05) is 38.4 Å². The van der Waals surface area contributed by atoms with Gasteiger partial charge in [0.05, 0.1) is 24.5 Å². The molecule has 1 aliphatic rings. The Bertz CT molecular complexity index is 518. The predicted octanol–water partition coefficient (Wildman–Crippen LogP) is 2.03. The SMILES string of the molecule is COCCOCCCN1C(=O)C(=O)c2ccc(Br)cc21. The molecule has 0 fully saturated rings. The first kappa shape index (κ1) is 15.2. The van der Waals surface area contributed by atoms with Crippen molar-refractivity contribution < 1.29 is 19.1 Å². The van der Waals surface area contributed by atoms with Crippen LogP contribution in [0.3, 0.4) is 0 Å². The first-order valence-corrected chi connectivity index (χ1v) is 7.17. The number of ether oxygens (including phenoxy) is 2. The van der Waals surface area contributed by atoms with Crippen LogP contribution >= 0.6 is 15.9 Å². The van der Waals surface area contributed by atoms with E-state index in [1.165, 1.54) is 4.90 Å². The number of carbonyl (C=O) groups is 2. The smallest absolute Gasteiger partial charge is 0.299 e. The number of rotatable bonds is 7. The quantitative estimate of drug-likeness (QED) is 0.562. The largest absolute Gasteiger partial charge is 0.382 e. The molecule has 1 aromatic rings. The van der Waals surface area contributed by atoms with Crippen LogP contribution < -0.4 is 4.90 Å². The van der Waals surface area contributed by atoms with Crippen LogP contribution in [0.15, 0.2) is 22.7 Å². The average molecular weight is 342 g/mol. The highest BCUT2D eigenvalue weighted by molar-refractivity contribution is 9.10. The van der Waals surface area contributed by atoms with E-state index >= 15 is 0 Å². The molecule has 0 spiro atoms. The fourth-order valence-electron chi connectivity index (χ4n) is 2.06. The third kappa shape index (κ3) is 3.26. The molecule has 0 saturated carbocycles. The maximum absolute atomic E-state index is 11.9. The van der Waals surface area contributed by atoms with Crippen LogP contribution in [0.25, 0.3) is 0 Å². The van der Waals surface area contributed by atoms with Gasteiger partial charge in [0, 0.05) is 24.7 Å². The molecule has 108 valence electrons. The van der Waals surface area contributed by atoms with Gasteiger partial charge in [0.15, 0.2) is 0 Å². The van der Waals surface area contributed by atoms with Crippen LogP contribution in [0.4, 0.5) is 5.69 Å². The van der Waals surface area contributed by atoms with Gasteiger partial charge in [-0.2, -0.15) is 0 Å². The highest BCUT2D eigenvalue weighted by atomic mass is 79.9. The molecule has 5 nitrogen and oxygen atoms in total. The number of halogens is 1. The second kappa shape index (κ2) is 6.97. The van der Waals surface area contributed by atoms with Gasteiger partial charge in [0.1, 0.15) is 0 Å². The maximum Gasteiger partial charge on any atom is 0.299 e. The van der Waals surface area contributed by atoms with E-state index in [2.05, 4.69) is 15.9 Å². The molecule has 1 amide bonds. The summed E-state index contributed by atoms with van der Waals surface area (Å²) in [6.45, 7) is 2.09. The Hall–Kier alpha value is -1.24. The lowest BCUT2D eigenvalue weighted by Crippen LogP contribution is -2.31. The van der Waals surface area contributed by atoms with Crippen molar-refractivity contribution in [2.24, 2.45) is 0 Å². The Kier molecular flexibility index (Phi) is 5.28. The fourth-order valence-corrected chi connectivity index (χ4v) is 2.41. The number of hydrogen-bond donors (Lipinski definition) is 0. The Morgan fingerprint density at radius 3 is 2.75 bits per heavy atom. The number of anilines is 1. The van der Waals surface area contributed by atoms with Crippen molar-refractivity contribution in [3.05, 3.63) is 28.2 Å². The molecular formula is C14H16BrNO4. The van der Waals surface area contributed by atoms with E-state index in [0.29, 0.717) is 44.0 Å². The molecule has 2 rings (SSSR count). The van der Waals surface area contributed by atoms with E-state index in [1.807, 2.05) is 0 Å². The van der Waals surface area contributed by atoms with Gasteiger partial charge in [-0.1, -0.05) is 15.9 Å². The molecule has 0 unspecified atom stereocenters. The van der Waals surface area contributed by atoms with Gasteiger partial charge in [-0.25, -0.2) is 0 Å². The molecule has 0 bridgehead atoms. The molecule has 0 atom stereocenters. The number of fused-ring (bicyclic) bond motifs is 1. The minimum absolute atomic E-state index is 0.437. The molecule has 0 aliphatic carbocycles. The monoisotopic (exact) mass is 341 g/mol. The van der Waals surface area contributed by atoms with Crippen molar-refractivity contribution in [2.45, 2.75) is 6.42 Å². The van der Waals surface area contributed by atoms with Crippen LogP contribution in [0.2, 0.25) is 0 Å². The summed E-state index contributed by atoms with van der Waals surface area (Å²) < 4.78 is 11.1. The lowest BCUT2D eigenvalue weighted by molar-refractivity contribution is -0.114. The van der Waals surface area contributed by atoms with Crippen molar-refractivity contribution in [3.8, 4) is 0 Å². The highest BCUT2D eigenvalue weighted by Gasteiger charge is 2.35. The van der Waals surface area contributed by atoms with E-state index in [4.69, 9.17) is 9.47 Å². The minimum Gasteiger partial charge on any atom is -0.382 e. The van der Waals surface area contributed by atoms with Crippen LogP contribution in [0.1, 0.15) is 16.8 Å². The van der Waals surface area contributed by atoms with Crippen molar-refractivity contribution in [1.29, 1.82) is 0 Å². The van der Waals surface area contributed by atoms with Gasteiger partial charge in [0.2, 0.25) is 0 Å². The zero-order valence-corrected chi connectivity index (χ0v) is 12.8. The van der Waals surface area contributed by atoms with Gasteiger partial charge in [-0.15, -0.1) is 0 Å². The molecule has 0 radical (unpaired) electrons. The predicted molar refractivity (Wildman–Crippen MR) is 78.1 cm³/mol. The summed E-state index contributed by atoms with van der Waals surface area (Å²) in [5, 5.41) is 0. The van der Waals surface area contributed by atoms with E-state index in [1.54, 1.807) is 25.3 Å². The molecule has 6 heteroatoms. The molecule has 0 N–H and O–H groups in total. The lowest BCUT2D eigenvalue weighted by atomic mass is 10.1. The number of Topliss-reactive ketones (excluding diaryl/α,β-unsaturated/α-hetero) is 1. The van der Waals surface area contributed by atoms with Gasteiger partial charge >= 0.3 is 0 Å². The number of nitrogens with zero attached hydrogens (tertiary/aromatic N) is 1. The highest BCUT2D eigenvalue weighted by Crippen LogP contribution is 2.31. The topological polar surface area (TPSA) is 55.8 Å². The van der Waals surface area contributed by atoms with Crippen molar-refractivity contribution in [3.63, 3.8) is 0 Å². The Morgan fingerprint density at radius 1 is 1.20 bits per heavy atom. The van der Waals surface area contributed by atoms with Gasteiger partial charge in [-0.3, -0.25) is 9.59 Å². The number of amides is 1. The summed E-state index contributed by atoms with van der Waals surface area (Å²) in [6, 6.07) is 5.24. The fraction of sp³-hybridized carbons (Fsp3) is 0.429. The third-order valence-electron chi connectivity index (χ3n) is 3.04. The van der Waals surface area contributed by atoms with E-state index in [9.17, 15) is 9.59 Å². The Morgan fingerprint density at radius 2 is 2.00 bits per heavy atom. The third-order valence-corrected chi connectivity index (χ3v) is 3.53. The van der Waals surface area contributed by atoms with Gasteiger partial charge in [0.25, 0.3) is 11.7 Å². The minimum atomic E-state index is -0.463. The summed E-state index contributed by atoms with van der Waals surface area (Å²) in [5.74, 6) is -0.900. The van der Waals surface area contributed by atoms with Gasteiger partial charge in [-0.05, 0) is 24.6 Å². The summed E-state index contributed by atoms with van der Waals surface area (Å²) >= 11 is 3.35. The zero-order chi connectivity index (χ0) is 14.5. The van der Waals surface area contributed by atoms with Crippen LogP contribution in [-0.2, 0) is 14.3 Å². The van der Waals surface area contributed by atoms with Crippen LogP contribution in [0, 0.1) is 0 Å². The summed E-state index contributed by atoms with van der Waals surface area (Å²) in [4.78, 5) is 25.3.